The van der Waals surface area contributed by atoms with Crippen molar-refractivity contribution < 1.29 is 19.1 Å². The zero-order valence-electron chi connectivity index (χ0n) is 16.2. The summed E-state index contributed by atoms with van der Waals surface area (Å²) in [4.78, 5) is 28.8. The molecule has 29 heavy (non-hydrogen) atoms. The van der Waals surface area contributed by atoms with Gasteiger partial charge >= 0.3 is 5.97 Å². The molecule has 1 aliphatic heterocycles. The predicted octanol–water partition coefficient (Wildman–Crippen LogP) is 3.59. The van der Waals surface area contributed by atoms with Crippen molar-refractivity contribution in [1.29, 1.82) is 0 Å². The van der Waals surface area contributed by atoms with Gasteiger partial charge < -0.3 is 19.8 Å². The zero-order chi connectivity index (χ0) is 21.1. The molecule has 0 radical (unpaired) electrons. The molecule has 0 saturated heterocycles. The number of rotatable bonds is 5. The number of aromatic nitrogens is 1. The smallest absolute Gasteiger partial charge is 0.339 e. The van der Waals surface area contributed by atoms with Crippen molar-refractivity contribution in [2.24, 2.45) is 0 Å². The standard InChI is InChI=1S/C16H14FIN2O3.C4H9NO/c1-8-14(19-11-5-4-9(18)7-10(11)17)13(16(22)23)12-3-2-6-20(12)15(8)21;1-6-5-4-2-3-4/h4-5,7,19H,2-3,6H2,1H3,(H,22,23);4-5H,2-3H2,1H3. The van der Waals surface area contributed by atoms with Gasteiger partial charge in [-0.25, -0.2) is 9.18 Å². The fourth-order valence-corrected chi connectivity index (χ4v) is 3.73. The van der Waals surface area contributed by atoms with Crippen molar-refractivity contribution in [2.75, 3.05) is 12.4 Å². The number of halogens is 2. The SMILES string of the molecule is CONC1CC1.Cc1c(Nc2ccc(I)cc2F)c(C(=O)O)c2n(c1=O)CCC2. The highest BCUT2D eigenvalue weighted by molar-refractivity contribution is 14.1. The maximum atomic E-state index is 14.1. The van der Waals surface area contributed by atoms with Gasteiger partial charge in [0.1, 0.15) is 11.4 Å². The molecule has 0 bridgehead atoms. The van der Waals surface area contributed by atoms with Crippen molar-refractivity contribution in [3.8, 4) is 0 Å². The Balaban J connectivity index is 0.000000343. The normalized spacial score (nSPS) is 14.8. The number of aromatic carboxylic acids is 1. The Kier molecular flexibility index (Phi) is 6.91. The summed E-state index contributed by atoms with van der Waals surface area (Å²) in [6.45, 7) is 2.08. The van der Waals surface area contributed by atoms with Crippen molar-refractivity contribution >= 4 is 39.9 Å². The summed E-state index contributed by atoms with van der Waals surface area (Å²) >= 11 is 1.99. The molecule has 7 nitrogen and oxygen atoms in total. The molecule has 1 aromatic carbocycles. The van der Waals surface area contributed by atoms with Gasteiger partial charge in [0.2, 0.25) is 0 Å². The number of hydrogen-bond donors (Lipinski definition) is 3. The molecule has 156 valence electrons. The van der Waals surface area contributed by atoms with E-state index >= 15 is 0 Å². The number of pyridine rings is 1. The zero-order valence-corrected chi connectivity index (χ0v) is 18.4. The van der Waals surface area contributed by atoms with Crippen molar-refractivity contribution in [1.82, 2.24) is 10.0 Å². The van der Waals surface area contributed by atoms with Crippen LogP contribution in [-0.2, 0) is 17.8 Å². The maximum Gasteiger partial charge on any atom is 0.339 e. The molecule has 4 rings (SSSR count). The third-order valence-corrected chi connectivity index (χ3v) is 5.54. The Labute approximate surface area is 181 Å². The van der Waals surface area contributed by atoms with E-state index in [2.05, 4.69) is 15.6 Å². The van der Waals surface area contributed by atoms with E-state index in [0.29, 0.717) is 24.7 Å². The molecule has 1 fully saturated rings. The number of benzene rings is 1. The second kappa shape index (κ2) is 9.23. The number of carboxylic acids is 1. The average Bonchev–Trinajstić information content (AvgIpc) is 3.35. The fourth-order valence-electron chi connectivity index (χ4n) is 3.28. The predicted molar refractivity (Wildman–Crippen MR) is 116 cm³/mol. The minimum Gasteiger partial charge on any atom is -0.478 e. The Morgan fingerprint density at radius 3 is 2.66 bits per heavy atom. The quantitative estimate of drug-likeness (QED) is 0.417. The van der Waals surface area contributed by atoms with E-state index in [9.17, 15) is 19.1 Å². The molecule has 0 amide bonds. The largest absolute Gasteiger partial charge is 0.478 e. The van der Waals surface area contributed by atoms with Gasteiger partial charge in [0.15, 0.2) is 0 Å². The van der Waals surface area contributed by atoms with Crippen molar-refractivity contribution in [3.05, 3.63) is 54.8 Å². The van der Waals surface area contributed by atoms with E-state index in [1.54, 1.807) is 20.1 Å². The van der Waals surface area contributed by atoms with Crippen LogP contribution in [0.3, 0.4) is 0 Å². The van der Waals surface area contributed by atoms with Crippen LogP contribution in [-0.4, -0.2) is 28.8 Å². The van der Waals surface area contributed by atoms with Gasteiger partial charge in [0.05, 0.1) is 18.5 Å². The molecule has 3 N–H and O–H groups in total. The monoisotopic (exact) mass is 515 g/mol. The van der Waals surface area contributed by atoms with Gasteiger partial charge in [-0.05, 0) is 73.4 Å². The second-order valence-corrected chi connectivity index (χ2v) is 8.28. The highest BCUT2D eigenvalue weighted by Crippen LogP contribution is 2.30. The van der Waals surface area contributed by atoms with Gasteiger partial charge in [-0.15, -0.1) is 0 Å². The van der Waals surface area contributed by atoms with Crippen LogP contribution in [0.4, 0.5) is 15.8 Å². The maximum absolute atomic E-state index is 14.1. The summed E-state index contributed by atoms with van der Waals surface area (Å²) < 4.78 is 16.3. The van der Waals surface area contributed by atoms with Gasteiger partial charge in [-0.2, -0.15) is 5.48 Å². The third kappa shape index (κ3) is 4.96. The summed E-state index contributed by atoms with van der Waals surface area (Å²) in [5, 5.41) is 12.4. The van der Waals surface area contributed by atoms with Gasteiger partial charge in [-0.1, -0.05) is 0 Å². The van der Waals surface area contributed by atoms with Crippen LogP contribution in [0.5, 0.6) is 0 Å². The molecule has 0 unspecified atom stereocenters. The summed E-state index contributed by atoms with van der Waals surface area (Å²) in [7, 11) is 1.65. The third-order valence-electron chi connectivity index (χ3n) is 4.87. The lowest BCUT2D eigenvalue weighted by Crippen LogP contribution is -2.26. The molecule has 2 aromatic rings. The number of hydrogen-bond acceptors (Lipinski definition) is 5. The van der Waals surface area contributed by atoms with E-state index < -0.39 is 11.8 Å². The van der Waals surface area contributed by atoms with Crippen LogP contribution in [0, 0.1) is 16.3 Å². The number of nitrogens with zero attached hydrogens (tertiary/aromatic N) is 1. The first-order valence-electron chi connectivity index (χ1n) is 9.33. The van der Waals surface area contributed by atoms with Crippen LogP contribution in [0.15, 0.2) is 23.0 Å². The second-order valence-electron chi connectivity index (χ2n) is 7.03. The molecular weight excluding hydrogens is 492 g/mol. The van der Waals surface area contributed by atoms with E-state index in [-0.39, 0.29) is 28.1 Å². The van der Waals surface area contributed by atoms with Crippen LogP contribution < -0.4 is 16.4 Å². The lowest BCUT2D eigenvalue weighted by atomic mass is 10.1. The van der Waals surface area contributed by atoms with E-state index in [1.807, 2.05) is 22.6 Å². The highest BCUT2D eigenvalue weighted by atomic mass is 127. The van der Waals surface area contributed by atoms with E-state index in [0.717, 1.165) is 9.99 Å². The van der Waals surface area contributed by atoms with Crippen LogP contribution in [0.25, 0.3) is 0 Å². The van der Waals surface area contributed by atoms with E-state index in [4.69, 9.17) is 0 Å². The molecule has 0 atom stereocenters. The molecule has 1 saturated carbocycles. The number of nitrogens with one attached hydrogen (secondary N) is 2. The van der Waals surface area contributed by atoms with Gasteiger partial charge in [-0.3, -0.25) is 4.79 Å². The minimum atomic E-state index is -1.12. The minimum absolute atomic E-state index is 0.0533. The molecule has 2 heterocycles. The first kappa shape index (κ1) is 21.7. The summed E-state index contributed by atoms with van der Waals surface area (Å²) in [6, 6.07) is 5.27. The fraction of sp³-hybridized carbons (Fsp3) is 0.400. The summed E-state index contributed by atoms with van der Waals surface area (Å²) in [5.41, 5.74) is 3.76. The Hall–Kier alpha value is -1.98. The first-order valence-corrected chi connectivity index (χ1v) is 10.4. The number of carbonyl (C=O) groups is 1. The van der Waals surface area contributed by atoms with E-state index in [1.165, 1.54) is 29.5 Å². The molecule has 2 aliphatic rings. The van der Waals surface area contributed by atoms with Crippen molar-refractivity contribution in [3.63, 3.8) is 0 Å². The topological polar surface area (TPSA) is 92.6 Å². The summed E-state index contributed by atoms with van der Waals surface area (Å²) in [5.74, 6) is -1.61. The Bertz CT molecular complexity index is 989. The Morgan fingerprint density at radius 1 is 1.38 bits per heavy atom. The molecule has 1 aliphatic carbocycles. The lowest BCUT2D eigenvalue weighted by Gasteiger charge is -2.17. The van der Waals surface area contributed by atoms with Crippen LogP contribution >= 0.6 is 22.6 Å². The number of fused-ring (bicyclic) bond motifs is 1. The molecule has 1 aromatic heterocycles. The van der Waals surface area contributed by atoms with Gasteiger partial charge in [0, 0.05) is 27.4 Å². The molecular formula is C20H23FIN3O4. The summed E-state index contributed by atoms with van der Waals surface area (Å²) in [6.07, 6.45) is 3.83. The highest BCUT2D eigenvalue weighted by Gasteiger charge is 2.27. The Morgan fingerprint density at radius 2 is 2.10 bits per heavy atom. The van der Waals surface area contributed by atoms with Crippen LogP contribution in [0.1, 0.15) is 40.9 Å². The lowest BCUT2D eigenvalue weighted by molar-refractivity contribution is 0.0696. The molecule has 9 heteroatoms. The van der Waals surface area contributed by atoms with Gasteiger partial charge in [0.25, 0.3) is 5.56 Å². The number of anilines is 2. The van der Waals surface area contributed by atoms with Crippen molar-refractivity contribution in [2.45, 2.75) is 45.2 Å². The average molecular weight is 515 g/mol. The number of hydroxylamine groups is 1. The number of carboxylic acid groups (broad SMARTS) is 1. The van der Waals surface area contributed by atoms with Crippen LogP contribution in [0.2, 0.25) is 0 Å². The molecule has 0 spiro atoms. The first-order chi connectivity index (χ1) is 13.8.